The Morgan fingerprint density at radius 3 is 2.37 bits per heavy atom. The van der Waals surface area contributed by atoms with Crippen molar-refractivity contribution in [2.45, 2.75) is 24.7 Å². The molecule has 2 aromatic carbocycles. The summed E-state index contributed by atoms with van der Waals surface area (Å²) in [5.74, 6) is -0.130. The van der Waals surface area contributed by atoms with E-state index in [1.165, 1.54) is 24.3 Å². The van der Waals surface area contributed by atoms with Crippen LogP contribution >= 0.6 is 0 Å². The molecule has 0 radical (unpaired) electrons. The summed E-state index contributed by atoms with van der Waals surface area (Å²) in [5, 5.41) is 8.50. The molecule has 0 aliphatic heterocycles. The van der Waals surface area contributed by atoms with Crippen LogP contribution in [0.3, 0.4) is 0 Å². The Kier molecular flexibility index (Phi) is 7.53. The van der Waals surface area contributed by atoms with E-state index in [2.05, 4.69) is 4.72 Å². The Bertz CT molecular complexity index is 888. The van der Waals surface area contributed by atoms with Gasteiger partial charge in [-0.05, 0) is 43.2 Å². The fourth-order valence-electron chi connectivity index (χ4n) is 2.60. The highest BCUT2D eigenvalue weighted by Crippen LogP contribution is 2.13. The number of nitrogens with one attached hydrogen (secondary N) is 1. The summed E-state index contributed by atoms with van der Waals surface area (Å²) in [6.07, 6.45) is 0.859. The van der Waals surface area contributed by atoms with Crippen molar-refractivity contribution in [3.63, 3.8) is 0 Å². The zero-order chi connectivity index (χ0) is 19.7. The number of sulfonamides is 1. The van der Waals surface area contributed by atoms with Gasteiger partial charge in [0.25, 0.3) is 5.91 Å². The van der Waals surface area contributed by atoms with Crippen molar-refractivity contribution in [2.24, 2.45) is 0 Å². The van der Waals surface area contributed by atoms with Crippen LogP contribution < -0.4 is 4.72 Å². The number of nitrogens with zero attached hydrogens (tertiary/aromatic N) is 2. The number of nitriles is 1. The highest BCUT2D eigenvalue weighted by Gasteiger charge is 2.17. The summed E-state index contributed by atoms with van der Waals surface area (Å²) in [6, 6.07) is 17.7. The Morgan fingerprint density at radius 1 is 1.11 bits per heavy atom. The van der Waals surface area contributed by atoms with E-state index in [9.17, 15) is 13.2 Å². The molecule has 0 heterocycles. The molecule has 6 nitrogen and oxygen atoms in total. The normalized spacial score (nSPS) is 11.0. The lowest BCUT2D eigenvalue weighted by Gasteiger charge is -2.21. The first-order chi connectivity index (χ1) is 13.0. The van der Waals surface area contributed by atoms with Crippen LogP contribution in [0.2, 0.25) is 0 Å². The molecule has 0 aliphatic carbocycles. The monoisotopic (exact) mass is 385 g/mol. The summed E-state index contributed by atoms with van der Waals surface area (Å²) in [5.41, 5.74) is 1.61. The first-order valence-corrected chi connectivity index (χ1v) is 10.3. The van der Waals surface area contributed by atoms with Gasteiger partial charge in [0.2, 0.25) is 10.0 Å². The van der Waals surface area contributed by atoms with E-state index in [0.29, 0.717) is 18.7 Å². The van der Waals surface area contributed by atoms with Crippen molar-refractivity contribution >= 4 is 15.9 Å². The fourth-order valence-corrected chi connectivity index (χ4v) is 3.63. The van der Waals surface area contributed by atoms with Gasteiger partial charge in [-0.15, -0.1) is 0 Å². The zero-order valence-electron chi connectivity index (χ0n) is 15.3. The van der Waals surface area contributed by atoms with Crippen molar-refractivity contribution < 1.29 is 13.2 Å². The largest absolute Gasteiger partial charge is 0.339 e. The van der Waals surface area contributed by atoms with E-state index in [1.807, 2.05) is 43.3 Å². The molecule has 0 atom stereocenters. The molecule has 2 rings (SSSR count). The number of hydrogen-bond acceptors (Lipinski definition) is 4. The Labute approximate surface area is 160 Å². The van der Waals surface area contributed by atoms with Crippen LogP contribution in [0.4, 0.5) is 0 Å². The third kappa shape index (κ3) is 5.91. The number of benzene rings is 2. The SMILES string of the molecule is CCN(CCc1ccccc1)C(=O)c1ccc(S(=O)(=O)NCCC#N)cc1. The molecule has 0 saturated heterocycles. The van der Waals surface area contributed by atoms with Crippen LogP contribution in [0.15, 0.2) is 59.5 Å². The van der Waals surface area contributed by atoms with Gasteiger partial charge in [0.1, 0.15) is 0 Å². The van der Waals surface area contributed by atoms with Crippen molar-refractivity contribution in [1.29, 1.82) is 5.26 Å². The van der Waals surface area contributed by atoms with Crippen molar-refractivity contribution in [3.8, 4) is 6.07 Å². The first kappa shape index (κ1) is 20.6. The van der Waals surface area contributed by atoms with E-state index in [0.717, 1.165) is 12.0 Å². The van der Waals surface area contributed by atoms with Gasteiger partial charge in [-0.2, -0.15) is 5.26 Å². The van der Waals surface area contributed by atoms with Crippen LogP contribution in [-0.4, -0.2) is 38.9 Å². The number of carbonyl (C=O) groups excluding carboxylic acids is 1. The molecular weight excluding hydrogens is 362 g/mol. The fraction of sp³-hybridized carbons (Fsp3) is 0.300. The number of amides is 1. The standard InChI is InChI=1S/C20H23N3O3S/c1-2-23(16-13-17-7-4-3-5-8-17)20(24)18-9-11-19(12-10-18)27(25,26)22-15-6-14-21/h3-5,7-12,22H,2,6,13,15-16H2,1H3. The highest BCUT2D eigenvalue weighted by atomic mass is 32.2. The first-order valence-electron chi connectivity index (χ1n) is 8.78. The minimum absolute atomic E-state index is 0.0581. The van der Waals surface area contributed by atoms with Crippen molar-refractivity contribution in [2.75, 3.05) is 19.6 Å². The van der Waals surface area contributed by atoms with Crippen LogP contribution in [0, 0.1) is 11.3 Å². The lowest BCUT2D eigenvalue weighted by molar-refractivity contribution is 0.0766. The molecule has 0 bridgehead atoms. The van der Waals surface area contributed by atoms with Crippen molar-refractivity contribution in [1.82, 2.24) is 9.62 Å². The molecule has 0 unspecified atom stereocenters. The minimum atomic E-state index is -3.67. The number of rotatable bonds is 9. The zero-order valence-corrected chi connectivity index (χ0v) is 16.1. The van der Waals surface area contributed by atoms with Gasteiger partial charge in [-0.3, -0.25) is 4.79 Å². The molecule has 0 aliphatic rings. The van der Waals surface area contributed by atoms with E-state index in [4.69, 9.17) is 5.26 Å². The quantitative estimate of drug-likeness (QED) is 0.672. The van der Waals surface area contributed by atoms with Crippen LogP contribution in [-0.2, 0) is 16.4 Å². The maximum atomic E-state index is 12.7. The molecule has 1 amide bonds. The second-order valence-corrected chi connectivity index (χ2v) is 7.72. The van der Waals surface area contributed by atoms with Crippen LogP contribution in [0.1, 0.15) is 29.3 Å². The van der Waals surface area contributed by atoms with Crippen LogP contribution in [0.5, 0.6) is 0 Å². The van der Waals surface area contributed by atoms with E-state index < -0.39 is 10.0 Å². The minimum Gasteiger partial charge on any atom is -0.339 e. The van der Waals surface area contributed by atoms with Gasteiger partial charge < -0.3 is 4.90 Å². The van der Waals surface area contributed by atoms with Gasteiger partial charge in [0, 0.05) is 31.6 Å². The Balaban J connectivity index is 2.03. The maximum absolute atomic E-state index is 12.7. The predicted octanol–water partition coefficient (Wildman–Crippen LogP) is 2.58. The third-order valence-corrected chi connectivity index (χ3v) is 5.60. The second-order valence-electron chi connectivity index (χ2n) is 5.95. The Hall–Kier alpha value is -2.69. The summed E-state index contributed by atoms with van der Waals surface area (Å²) >= 11 is 0. The van der Waals surface area contributed by atoms with Crippen molar-refractivity contribution in [3.05, 3.63) is 65.7 Å². The maximum Gasteiger partial charge on any atom is 0.253 e. The van der Waals surface area contributed by atoms with E-state index in [-0.39, 0.29) is 23.8 Å². The summed E-state index contributed by atoms with van der Waals surface area (Å²) in [4.78, 5) is 14.5. The number of carbonyl (C=O) groups is 1. The predicted molar refractivity (Wildman–Crippen MR) is 104 cm³/mol. The molecule has 7 heteroatoms. The van der Waals surface area contributed by atoms with Gasteiger partial charge in [0.15, 0.2) is 0 Å². The molecule has 1 N–H and O–H groups in total. The van der Waals surface area contributed by atoms with Gasteiger partial charge in [-0.1, -0.05) is 30.3 Å². The summed E-state index contributed by atoms with van der Waals surface area (Å²) in [7, 11) is -3.67. The Morgan fingerprint density at radius 2 is 1.78 bits per heavy atom. The lowest BCUT2D eigenvalue weighted by atomic mass is 10.1. The number of hydrogen-bond donors (Lipinski definition) is 1. The van der Waals surface area contributed by atoms with E-state index >= 15 is 0 Å². The summed E-state index contributed by atoms with van der Waals surface area (Å²) < 4.78 is 26.6. The average molecular weight is 385 g/mol. The van der Waals surface area contributed by atoms with Gasteiger partial charge >= 0.3 is 0 Å². The third-order valence-electron chi connectivity index (χ3n) is 4.12. The number of likely N-dealkylation sites (N-methyl/N-ethyl adjacent to an activating group) is 1. The second kappa shape index (κ2) is 9.86. The lowest BCUT2D eigenvalue weighted by Crippen LogP contribution is -2.32. The molecule has 0 saturated carbocycles. The summed E-state index contributed by atoms with van der Waals surface area (Å²) in [6.45, 7) is 3.14. The van der Waals surface area contributed by atoms with E-state index in [1.54, 1.807) is 4.90 Å². The molecule has 142 valence electrons. The van der Waals surface area contributed by atoms with Gasteiger partial charge in [0.05, 0.1) is 11.0 Å². The van der Waals surface area contributed by atoms with Gasteiger partial charge in [-0.25, -0.2) is 13.1 Å². The molecule has 0 aromatic heterocycles. The molecule has 2 aromatic rings. The highest BCUT2D eigenvalue weighted by molar-refractivity contribution is 7.89. The topological polar surface area (TPSA) is 90.3 Å². The average Bonchev–Trinajstić information content (AvgIpc) is 2.69. The van der Waals surface area contributed by atoms with Crippen LogP contribution in [0.25, 0.3) is 0 Å². The smallest absolute Gasteiger partial charge is 0.253 e. The molecule has 0 fully saturated rings. The molecule has 27 heavy (non-hydrogen) atoms. The molecular formula is C20H23N3O3S. The molecule has 0 spiro atoms.